The van der Waals surface area contributed by atoms with Crippen LogP contribution in [0.25, 0.3) is 0 Å². The van der Waals surface area contributed by atoms with Gasteiger partial charge in [-0.1, -0.05) is 0 Å². The van der Waals surface area contributed by atoms with Crippen molar-refractivity contribution in [1.29, 1.82) is 0 Å². The molecule has 1 aromatic heterocycles. The Kier molecular flexibility index (Phi) is 3.57. The lowest BCUT2D eigenvalue weighted by atomic mass is 10.2. The molecule has 1 aromatic rings. The first-order valence-electron chi connectivity index (χ1n) is 5.27. The third-order valence-corrected chi connectivity index (χ3v) is 1.91. The lowest BCUT2D eigenvalue weighted by molar-refractivity contribution is 0.0507. The Morgan fingerprint density at radius 1 is 1.56 bits per heavy atom. The van der Waals surface area contributed by atoms with Gasteiger partial charge in [0.15, 0.2) is 0 Å². The summed E-state index contributed by atoms with van der Waals surface area (Å²) in [4.78, 5) is 11.5. The first-order valence-corrected chi connectivity index (χ1v) is 5.27. The molecule has 0 aliphatic carbocycles. The number of amides is 1. The highest BCUT2D eigenvalue weighted by atomic mass is 16.6. The highest BCUT2D eigenvalue weighted by molar-refractivity contribution is 5.68. The Labute approximate surface area is 95.8 Å². The van der Waals surface area contributed by atoms with E-state index in [0.717, 1.165) is 5.69 Å². The van der Waals surface area contributed by atoms with Gasteiger partial charge < -0.3 is 10.1 Å². The Morgan fingerprint density at radius 3 is 2.62 bits per heavy atom. The second-order valence-corrected chi connectivity index (χ2v) is 4.78. The minimum atomic E-state index is -0.478. The predicted octanol–water partition coefficient (Wildman–Crippen LogP) is 2.01. The van der Waals surface area contributed by atoms with Crippen molar-refractivity contribution in [3.8, 4) is 0 Å². The van der Waals surface area contributed by atoms with Crippen molar-refractivity contribution < 1.29 is 9.53 Å². The van der Waals surface area contributed by atoms with Gasteiger partial charge in [-0.25, -0.2) is 4.79 Å². The molecule has 5 nitrogen and oxygen atoms in total. The van der Waals surface area contributed by atoms with Crippen molar-refractivity contribution in [3.63, 3.8) is 0 Å². The minimum absolute atomic E-state index is 0.156. The summed E-state index contributed by atoms with van der Waals surface area (Å²) in [6, 6.07) is 1.71. The van der Waals surface area contributed by atoms with Crippen LogP contribution in [0.2, 0.25) is 0 Å². The number of ether oxygens (including phenoxy) is 1. The van der Waals surface area contributed by atoms with Crippen molar-refractivity contribution in [2.24, 2.45) is 7.05 Å². The van der Waals surface area contributed by atoms with Crippen LogP contribution in [0.1, 0.15) is 39.4 Å². The number of hydrogen-bond acceptors (Lipinski definition) is 3. The fraction of sp³-hybridized carbons (Fsp3) is 0.636. The summed E-state index contributed by atoms with van der Waals surface area (Å²) in [5.41, 5.74) is 0.335. The van der Waals surface area contributed by atoms with Gasteiger partial charge in [0.25, 0.3) is 0 Å². The molecule has 0 spiro atoms. The second kappa shape index (κ2) is 4.55. The van der Waals surface area contributed by atoms with Crippen molar-refractivity contribution in [3.05, 3.63) is 18.0 Å². The molecule has 1 rings (SSSR count). The second-order valence-electron chi connectivity index (χ2n) is 4.78. The molecule has 90 valence electrons. The van der Waals surface area contributed by atoms with Crippen LogP contribution in [0, 0.1) is 0 Å². The van der Waals surface area contributed by atoms with E-state index in [0.29, 0.717) is 0 Å². The van der Waals surface area contributed by atoms with Gasteiger partial charge in [-0.2, -0.15) is 5.10 Å². The van der Waals surface area contributed by atoms with E-state index in [-0.39, 0.29) is 6.04 Å². The summed E-state index contributed by atoms with van der Waals surface area (Å²) < 4.78 is 6.85. The summed E-state index contributed by atoms with van der Waals surface area (Å²) in [5, 5.41) is 6.94. The zero-order valence-corrected chi connectivity index (χ0v) is 10.4. The number of hydrogen-bond donors (Lipinski definition) is 1. The Balaban J connectivity index is 2.52. The highest BCUT2D eigenvalue weighted by Crippen LogP contribution is 2.11. The zero-order chi connectivity index (χ0) is 12.3. The summed E-state index contributed by atoms with van der Waals surface area (Å²) in [6.45, 7) is 7.36. The Bertz CT molecular complexity index is 366. The molecule has 0 saturated heterocycles. The van der Waals surface area contributed by atoms with Crippen molar-refractivity contribution >= 4 is 6.09 Å². The van der Waals surface area contributed by atoms with E-state index in [1.165, 1.54) is 0 Å². The molecular weight excluding hydrogens is 206 g/mol. The third kappa shape index (κ3) is 3.92. The molecule has 1 atom stereocenters. The smallest absolute Gasteiger partial charge is 0.408 e. The van der Waals surface area contributed by atoms with E-state index in [4.69, 9.17) is 4.74 Å². The van der Waals surface area contributed by atoms with Gasteiger partial charge in [0.2, 0.25) is 0 Å². The van der Waals surface area contributed by atoms with E-state index >= 15 is 0 Å². The third-order valence-electron chi connectivity index (χ3n) is 1.91. The van der Waals surface area contributed by atoms with E-state index in [9.17, 15) is 4.79 Å². The molecule has 0 saturated carbocycles. The molecule has 5 heteroatoms. The molecule has 16 heavy (non-hydrogen) atoms. The molecule has 0 bridgehead atoms. The molecule has 0 fully saturated rings. The molecule has 1 unspecified atom stereocenters. The van der Waals surface area contributed by atoms with Crippen LogP contribution < -0.4 is 5.32 Å². The lowest BCUT2D eigenvalue weighted by Crippen LogP contribution is -2.34. The Morgan fingerprint density at radius 2 is 2.19 bits per heavy atom. The number of carbonyl (C=O) groups excluding carboxylic acids is 1. The number of alkyl carbamates (subject to hydrolysis) is 1. The van der Waals surface area contributed by atoms with Crippen LogP contribution in [0.4, 0.5) is 4.79 Å². The average Bonchev–Trinajstić information content (AvgIpc) is 2.47. The molecule has 0 aliphatic rings. The van der Waals surface area contributed by atoms with Gasteiger partial charge in [-0.3, -0.25) is 4.68 Å². The maximum Gasteiger partial charge on any atom is 0.408 e. The maximum absolute atomic E-state index is 11.5. The SMILES string of the molecule is CC(NC(=O)OC(C)(C)C)c1ccn(C)n1. The van der Waals surface area contributed by atoms with Crippen LogP contribution in [0.15, 0.2) is 12.3 Å². The quantitative estimate of drug-likeness (QED) is 0.837. The van der Waals surface area contributed by atoms with Crippen LogP contribution >= 0.6 is 0 Å². The van der Waals surface area contributed by atoms with Gasteiger partial charge in [0.05, 0.1) is 11.7 Å². The van der Waals surface area contributed by atoms with Crippen LogP contribution in [0.3, 0.4) is 0 Å². The number of nitrogens with zero attached hydrogens (tertiary/aromatic N) is 2. The standard InChI is InChI=1S/C11H19N3O2/c1-8(9-6-7-14(5)13-9)12-10(15)16-11(2,3)4/h6-8H,1-5H3,(H,12,15). The van der Waals surface area contributed by atoms with Gasteiger partial charge in [-0.05, 0) is 33.8 Å². The molecule has 1 heterocycles. The summed E-state index contributed by atoms with van der Waals surface area (Å²) in [6.07, 6.45) is 1.41. The van der Waals surface area contributed by atoms with Gasteiger partial charge in [0.1, 0.15) is 5.60 Å². The molecule has 0 radical (unpaired) electrons. The molecule has 0 aromatic carbocycles. The van der Waals surface area contributed by atoms with E-state index in [1.807, 2.05) is 47.0 Å². The van der Waals surface area contributed by atoms with Crippen LogP contribution in [-0.2, 0) is 11.8 Å². The first kappa shape index (κ1) is 12.5. The number of rotatable bonds is 2. The van der Waals surface area contributed by atoms with Gasteiger partial charge in [0, 0.05) is 13.2 Å². The van der Waals surface area contributed by atoms with Crippen molar-refractivity contribution in [2.45, 2.75) is 39.3 Å². The van der Waals surface area contributed by atoms with Crippen molar-refractivity contribution in [1.82, 2.24) is 15.1 Å². The number of nitrogens with one attached hydrogen (secondary N) is 1. The van der Waals surface area contributed by atoms with E-state index < -0.39 is 11.7 Å². The topological polar surface area (TPSA) is 56.1 Å². The molecule has 0 aliphatic heterocycles. The monoisotopic (exact) mass is 225 g/mol. The maximum atomic E-state index is 11.5. The van der Waals surface area contributed by atoms with E-state index in [2.05, 4.69) is 10.4 Å². The summed E-state index contributed by atoms with van der Waals surface area (Å²) >= 11 is 0. The van der Waals surface area contributed by atoms with E-state index in [1.54, 1.807) is 4.68 Å². The van der Waals surface area contributed by atoms with Crippen molar-refractivity contribution in [2.75, 3.05) is 0 Å². The summed E-state index contributed by atoms with van der Waals surface area (Å²) in [7, 11) is 1.84. The molecule has 1 amide bonds. The minimum Gasteiger partial charge on any atom is -0.444 e. The largest absolute Gasteiger partial charge is 0.444 e. The van der Waals surface area contributed by atoms with Crippen LogP contribution in [0.5, 0.6) is 0 Å². The van der Waals surface area contributed by atoms with Gasteiger partial charge in [-0.15, -0.1) is 0 Å². The van der Waals surface area contributed by atoms with Gasteiger partial charge >= 0.3 is 6.09 Å². The average molecular weight is 225 g/mol. The first-order chi connectivity index (χ1) is 7.28. The zero-order valence-electron chi connectivity index (χ0n) is 10.4. The normalized spacial score (nSPS) is 13.3. The fourth-order valence-electron chi connectivity index (χ4n) is 1.22. The fourth-order valence-corrected chi connectivity index (χ4v) is 1.22. The Hall–Kier alpha value is -1.52. The molecular formula is C11H19N3O2. The predicted molar refractivity (Wildman–Crippen MR) is 61.0 cm³/mol. The number of aryl methyl sites for hydroxylation is 1. The summed E-state index contributed by atoms with van der Waals surface area (Å²) in [5.74, 6) is 0. The number of aromatic nitrogens is 2. The lowest BCUT2D eigenvalue weighted by Gasteiger charge is -2.21. The highest BCUT2D eigenvalue weighted by Gasteiger charge is 2.18. The van der Waals surface area contributed by atoms with Crippen LogP contribution in [-0.4, -0.2) is 21.5 Å². The molecule has 1 N–H and O–H groups in total. The number of carbonyl (C=O) groups is 1.